The number of hydrogen-bond acceptors (Lipinski definition) is 4. The molecule has 9 heteroatoms. The third kappa shape index (κ3) is 4.44. The molecule has 3 aromatic rings. The highest BCUT2D eigenvalue weighted by Gasteiger charge is 2.23. The molecular formula is C19H15Cl2N3O4. The zero-order valence-electron chi connectivity index (χ0n) is 14.3. The van der Waals surface area contributed by atoms with Crippen molar-refractivity contribution in [3.63, 3.8) is 0 Å². The second-order valence-corrected chi connectivity index (χ2v) is 6.77. The fourth-order valence-electron chi connectivity index (χ4n) is 2.68. The number of nitrogens with zero attached hydrogens (tertiary/aromatic N) is 2. The molecule has 1 amide bonds. The van der Waals surface area contributed by atoms with Gasteiger partial charge in [0.2, 0.25) is 5.88 Å². The van der Waals surface area contributed by atoms with Crippen molar-refractivity contribution < 1.29 is 19.8 Å². The summed E-state index contributed by atoms with van der Waals surface area (Å²) < 4.78 is 1.16. The molecule has 0 aliphatic carbocycles. The van der Waals surface area contributed by atoms with Crippen LogP contribution in [0.3, 0.4) is 0 Å². The average molecular weight is 420 g/mol. The summed E-state index contributed by atoms with van der Waals surface area (Å²) in [4.78, 5) is 23.8. The zero-order chi connectivity index (χ0) is 20.3. The molecule has 0 unspecified atom stereocenters. The van der Waals surface area contributed by atoms with Gasteiger partial charge in [0.25, 0.3) is 5.91 Å². The Labute approximate surface area is 170 Å². The summed E-state index contributed by atoms with van der Waals surface area (Å²) in [7, 11) is 0. The number of carboxylic acids is 1. The van der Waals surface area contributed by atoms with Gasteiger partial charge in [-0.15, -0.1) is 0 Å². The molecule has 0 saturated heterocycles. The van der Waals surface area contributed by atoms with Crippen LogP contribution in [0.2, 0.25) is 10.0 Å². The molecule has 0 bridgehead atoms. The number of aliphatic carboxylic acids is 1. The Hall–Kier alpha value is -3.03. The van der Waals surface area contributed by atoms with E-state index in [0.717, 1.165) is 4.68 Å². The Morgan fingerprint density at radius 2 is 1.86 bits per heavy atom. The summed E-state index contributed by atoms with van der Waals surface area (Å²) in [5.41, 5.74) is 0.857. The monoisotopic (exact) mass is 419 g/mol. The number of benzene rings is 2. The molecule has 0 radical (unpaired) electrons. The van der Waals surface area contributed by atoms with E-state index in [0.29, 0.717) is 21.3 Å². The minimum Gasteiger partial charge on any atom is -0.493 e. The quantitative estimate of drug-likeness (QED) is 0.562. The van der Waals surface area contributed by atoms with Crippen molar-refractivity contribution in [2.24, 2.45) is 0 Å². The van der Waals surface area contributed by atoms with E-state index >= 15 is 0 Å². The zero-order valence-corrected chi connectivity index (χ0v) is 15.9. The van der Waals surface area contributed by atoms with Gasteiger partial charge in [0, 0.05) is 16.1 Å². The molecular weight excluding hydrogens is 405 g/mol. The van der Waals surface area contributed by atoms with Gasteiger partial charge in [-0.1, -0.05) is 47.5 Å². The predicted octanol–water partition coefficient (Wildman–Crippen LogP) is 3.83. The van der Waals surface area contributed by atoms with Crippen LogP contribution >= 0.6 is 23.2 Å². The van der Waals surface area contributed by atoms with Crippen LogP contribution in [-0.2, 0) is 4.79 Å². The van der Waals surface area contributed by atoms with Gasteiger partial charge in [-0.2, -0.15) is 5.10 Å². The molecule has 0 fully saturated rings. The van der Waals surface area contributed by atoms with Gasteiger partial charge in [-0.05, 0) is 29.8 Å². The predicted molar refractivity (Wildman–Crippen MR) is 104 cm³/mol. The van der Waals surface area contributed by atoms with Crippen molar-refractivity contribution in [3.8, 4) is 11.6 Å². The van der Waals surface area contributed by atoms with Gasteiger partial charge in [-0.25, -0.2) is 4.68 Å². The first-order valence-corrected chi connectivity index (χ1v) is 8.93. The normalized spacial score (nSPS) is 11.8. The van der Waals surface area contributed by atoms with Crippen molar-refractivity contribution in [1.29, 1.82) is 0 Å². The molecule has 1 heterocycles. The number of aromatic hydroxyl groups is 1. The fraction of sp³-hybridized carbons (Fsp3) is 0.105. The average Bonchev–Trinajstić information content (AvgIpc) is 3.03. The lowest BCUT2D eigenvalue weighted by Gasteiger charge is -2.18. The van der Waals surface area contributed by atoms with Crippen LogP contribution in [0.25, 0.3) is 5.69 Å². The smallest absolute Gasteiger partial charge is 0.305 e. The third-order valence-corrected chi connectivity index (χ3v) is 4.52. The minimum atomic E-state index is -1.10. The molecule has 0 aliphatic rings. The maximum atomic E-state index is 12.6. The highest BCUT2D eigenvalue weighted by atomic mass is 35.5. The summed E-state index contributed by atoms with van der Waals surface area (Å²) in [6, 6.07) is 13.5. The van der Waals surface area contributed by atoms with Crippen molar-refractivity contribution in [2.45, 2.75) is 12.5 Å². The highest BCUT2D eigenvalue weighted by molar-refractivity contribution is 6.31. The fourth-order valence-corrected chi connectivity index (χ4v) is 3.14. The van der Waals surface area contributed by atoms with Gasteiger partial charge in [0.15, 0.2) is 5.69 Å². The number of carbonyl (C=O) groups excluding carboxylic acids is 1. The molecule has 0 saturated carbocycles. The van der Waals surface area contributed by atoms with Crippen LogP contribution in [-0.4, -0.2) is 31.9 Å². The first kappa shape index (κ1) is 19.7. The van der Waals surface area contributed by atoms with Crippen LogP contribution in [0.4, 0.5) is 0 Å². The topological polar surface area (TPSA) is 104 Å². The van der Waals surface area contributed by atoms with Gasteiger partial charge < -0.3 is 15.5 Å². The molecule has 1 aromatic heterocycles. The lowest BCUT2D eigenvalue weighted by atomic mass is 10.0. The van der Waals surface area contributed by atoms with Crippen molar-refractivity contribution in [3.05, 3.63) is 75.9 Å². The largest absolute Gasteiger partial charge is 0.493 e. The summed E-state index contributed by atoms with van der Waals surface area (Å²) in [6.07, 6.45) is -0.365. The molecule has 0 spiro atoms. The van der Waals surface area contributed by atoms with E-state index in [1.54, 1.807) is 48.5 Å². The maximum Gasteiger partial charge on any atom is 0.305 e. The van der Waals surface area contributed by atoms with E-state index in [-0.39, 0.29) is 18.0 Å². The van der Waals surface area contributed by atoms with Crippen LogP contribution in [0.1, 0.15) is 28.5 Å². The number of carbonyl (C=O) groups is 2. The first-order valence-electron chi connectivity index (χ1n) is 8.17. The number of aromatic nitrogens is 2. The van der Waals surface area contributed by atoms with E-state index < -0.39 is 17.9 Å². The second kappa shape index (κ2) is 8.33. The molecule has 3 N–H and O–H groups in total. The maximum absolute atomic E-state index is 12.6. The molecule has 28 heavy (non-hydrogen) atoms. The molecule has 1 atom stereocenters. The summed E-state index contributed by atoms with van der Waals surface area (Å²) >= 11 is 12.1. The summed E-state index contributed by atoms with van der Waals surface area (Å²) in [5, 5.41) is 26.8. The first-order chi connectivity index (χ1) is 13.3. The van der Waals surface area contributed by atoms with Gasteiger partial charge in [0.1, 0.15) is 0 Å². The standard InChI is InChI=1S/C19H15Cl2N3O4/c20-11-4-3-5-12(8-11)24-17(25)9-16(23-24)19(28)22-15(10-18(26)27)13-6-1-2-7-14(13)21/h1-9,15,25H,10H2,(H,22,28)(H,26,27)/t15-/m0/s1. The van der Waals surface area contributed by atoms with E-state index in [1.165, 1.54) is 6.07 Å². The number of carboxylic acid groups (broad SMARTS) is 1. The van der Waals surface area contributed by atoms with Crippen LogP contribution in [0, 0.1) is 0 Å². The lowest BCUT2D eigenvalue weighted by molar-refractivity contribution is -0.137. The Kier molecular flexibility index (Phi) is 5.87. The van der Waals surface area contributed by atoms with E-state index in [1.807, 2.05) is 0 Å². The molecule has 3 rings (SSSR count). The molecule has 144 valence electrons. The Morgan fingerprint density at radius 3 is 2.54 bits per heavy atom. The van der Waals surface area contributed by atoms with Crippen LogP contribution in [0.15, 0.2) is 54.6 Å². The van der Waals surface area contributed by atoms with Crippen molar-refractivity contribution in [2.75, 3.05) is 0 Å². The Balaban J connectivity index is 1.87. The van der Waals surface area contributed by atoms with E-state index in [4.69, 9.17) is 23.2 Å². The highest BCUT2D eigenvalue weighted by Crippen LogP contribution is 2.26. The van der Waals surface area contributed by atoms with E-state index in [9.17, 15) is 19.8 Å². The van der Waals surface area contributed by atoms with Gasteiger partial charge >= 0.3 is 5.97 Å². The summed E-state index contributed by atoms with van der Waals surface area (Å²) in [6.45, 7) is 0. The second-order valence-electron chi connectivity index (χ2n) is 5.92. The SMILES string of the molecule is O=C(O)C[C@H](NC(=O)c1cc(O)n(-c2cccc(Cl)c2)n1)c1ccccc1Cl. The number of rotatable bonds is 6. The van der Waals surface area contributed by atoms with E-state index in [2.05, 4.69) is 10.4 Å². The van der Waals surface area contributed by atoms with Crippen LogP contribution < -0.4 is 5.32 Å². The van der Waals surface area contributed by atoms with Gasteiger partial charge in [-0.3, -0.25) is 9.59 Å². The molecule has 0 aliphatic heterocycles. The minimum absolute atomic E-state index is 0.0834. The van der Waals surface area contributed by atoms with Gasteiger partial charge in [0.05, 0.1) is 18.2 Å². The number of amides is 1. The summed E-state index contributed by atoms with van der Waals surface area (Å²) in [5.74, 6) is -2.01. The van der Waals surface area contributed by atoms with Crippen molar-refractivity contribution in [1.82, 2.24) is 15.1 Å². The van der Waals surface area contributed by atoms with Crippen molar-refractivity contribution >= 4 is 35.1 Å². The lowest BCUT2D eigenvalue weighted by Crippen LogP contribution is -2.30. The number of halogens is 2. The van der Waals surface area contributed by atoms with Crippen LogP contribution in [0.5, 0.6) is 5.88 Å². The number of hydrogen-bond donors (Lipinski definition) is 3. The Morgan fingerprint density at radius 1 is 1.11 bits per heavy atom. The Bertz CT molecular complexity index is 1040. The molecule has 7 nitrogen and oxygen atoms in total. The third-order valence-electron chi connectivity index (χ3n) is 3.94. The number of nitrogens with one attached hydrogen (secondary N) is 1. The molecule has 2 aromatic carbocycles.